The molecule has 3 rings (SSSR count). The molecule has 0 spiro atoms. The number of rotatable bonds is 6. The van der Waals surface area contributed by atoms with E-state index in [1.54, 1.807) is 6.20 Å². The lowest BCUT2D eigenvalue weighted by Gasteiger charge is -2.26. The Morgan fingerprint density at radius 3 is 2.60 bits per heavy atom. The molecule has 6 heteroatoms. The second kappa shape index (κ2) is 8.60. The Labute approximate surface area is 148 Å². The average Bonchev–Trinajstić information content (AvgIpc) is 2.64. The van der Waals surface area contributed by atoms with Crippen LogP contribution in [0.4, 0.5) is 11.5 Å². The highest BCUT2D eigenvalue weighted by Crippen LogP contribution is 2.12. The van der Waals surface area contributed by atoms with E-state index in [-0.39, 0.29) is 5.91 Å². The number of morpholine rings is 1. The topological polar surface area (TPSA) is 66.5 Å². The van der Waals surface area contributed by atoms with Gasteiger partial charge in [0.15, 0.2) is 0 Å². The summed E-state index contributed by atoms with van der Waals surface area (Å²) >= 11 is 0. The van der Waals surface area contributed by atoms with E-state index in [1.165, 1.54) is 0 Å². The van der Waals surface area contributed by atoms with Crippen LogP contribution < -0.4 is 10.6 Å². The van der Waals surface area contributed by atoms with Crippen LogP contribution in [0.3, 0.4) is 0 Å². The van der Waals surface area contributed by atoms with E-state index in [1.807, 2.05) is 43.3 Å². The van der Waals surface area contributed by atoms with Gasteiger partial charge in [-0.2, -0.15) is 0 Å². The van der Waals surface area contributed by atoms with Gasteiger partial charge in [-0.1, -0.05) is 17.7 Å². The van der Waals surface area contributed by atoms with Gasteiger partial charge in [-0.15, -0.1) is 0 Å². The Morgan fingerprint density at radius 1 is 1.16 bits per heavy atom. The van der Waals surface area contributed by atoms with Crippen LogP contribution >= 0.6 is 0 Å². The van der Waals surface area contributed by atoms with Gasteiger partial charge in [-0.3, -0.25) is 9.69 Å². The molecule has 0 radical (unpaired) electrons. The van der Waals surface area contributed by atoms with Gasteiger partial charge in [-0.05, 0) is 31.2 Å². The Morgan fingerprint density at radius 2 is 1.92 bits per heavy atom. The molecule has 1 fully saturated rings. The lowest BCUT2D eigenvalue weighted by molar-refractivity contribution is 0.0398. The molecule has 25 heavy (non-hydrogen) atoms. The average molecular weight is 340 g/mol. The molecule has 1 aromatic heterocycles. The Kier molecular flexibility index (Phi) is 5.98. The Hall–Kier alpha value is -2.44. The monoisotopic (exact) mass is 340 g/mol. The molecule has 6 nitrogen and oxygen atoms in total. The number of amides is 1. The maximum Gasteiger partial charge on any atom is 0.255 e. The second-order valence-electron chi connectivity index (χ2n) is 6.13. The molecule has 1 amide bonds. The zero-order chi connectivity index (χ0) is 17.5. The third kappa shape index (κ3) is 5.27. The summed E-state index contributed by atoms with van der Waals surface area (Å²) in [4.78, 5) is 18.9. The normalized spacial score (nSPS) is 14.9. The van der Waals surface area contributed by atoms with Crippen LogP contribution in [-0.4, -0.2) is 55.2 Å². The number of nitrogens with one attached hydrogen (secondary N) is 2. The summed E-state index contributed by atoms with van der Waals surface area (Å²) in [5, 5.41) is 6.17. The summed E-state index contributed by atoms with van der Waals surface area (Å²) in [6, 6.07) is 11.2. The maximum absolute atomic E-state index is 12.2. The zero-order valence-electron chi connectivity index (χ0n) is 14.5. The zero-order valence-corrected chi connectivity index (χ0v) is 14.5. The first kappa shape index (κ1) is 17.4. The standard InChI is InChI=1S/C19H24N4O2/c1-15-2-4-16(5-3-15)19(24)22-17-6-7-18(21-14-17)20-8-9-23-10-12-25-13-11-23/h2-7,14H,8-13H2,1H3,(H,20,21)(H,22,24). The van der Waals surface area contributed by atoms with E-state index in [9.17, 15) is 4.79 Å². The molecule has 0 aliphatic carbocycles. The first-order valence-electron chi connectivity index (χ1n) is 8.59. The molecule has 1 aliphatic heterocycles. The molecule has 2 heterocycles. The van der Waals surface area contributed by atoms with Gasteiger partial charge in [0.1, 0.15) is 5.82 Å². The van der Waals surface area contributed by atoms with Crippen LogP contribution in [0.15, 0.2) is 42.6 Å². The number of ether oxygens (including phenoxy) is 1. The number of benzene rings is 1. The summed E-state index contributed by atoms with van der Waals surface area (Å²) in [7, 11) is 0. The van der Waals surface area contributed by atoms with Crippen molar-refractivity contribution in [1.29, 1.82) is 0 Å². The number of carbonyl (C=O) groups excluding carboxylic acids is 1. The minimum atomic E-state index is -0.130. The van der Waals surface area contributed by atoms with Crippen LogP contribution in [0.1, 0.15) is 15.9 Å². The maximum atomic E-state index is 12.2. The third-order valence-electron chi connectivity index (χ3n) is 4.17. The number of carbonyl (C=O) groups is 1. The fourth-order valence-electron chi connectivity index (χ4n) is 2.65. The van der Waals surface area contributed by atoms with Gasteiger partial charge in [0.25, 0.3) is 5.91 Å². The number of hydrogen-bond acceptors (Lipinski definition) is 5. The van der Waals surface area contributed by atoms with Gasteiger partial charge in [0, 0.05) is 31.7 Å². The summed E-state index contributed by atoms with van der Waals surface area (Å²) in [6.45, 7) is 7.40. The number of aryl methyl sites for hydroxylation is 1. The third-order valence-corrected chi connectivity index (χ3v) is 4.17. The minimum absolute atomic E-state index is 0.130. The van der Waals surface area contributed by atoms with Gasteiger partial charge < -0.3 is 15.4 Å². The molecule has 0 saturated carbocycles. The summed E-state index contributed by atoms with van der Waals surface area (Å²) in [5.41, 5.74) is 2.45. The van der Waals surface area contributed by atoms with Gasteiger partial charge in [0.2, 0.25) is 0 Å². The van der Waals surface area contributed by atoms with E-state index in [4.69, 9.17) is 4.74 Å². The lowest BCUT2D eigenvalue weighted by Crippen LogP contribution is -2.39. The molecule has 2 N–H and O–H groups in total. The number of nitrogens with zero attached hydrogens (tertiary/aromatic N) is 2. The van der Waals surface area contributed by atoms with Crippen molar-refractivity contribution in [1.82, 2.24) is 9.88 Å². The highest BCUT2D eigenvalue weighted by atomic mass is 16.5. The minimum Gasteiger partial charge on any atom is -0.379 e. The van der Waals surface area contributed by atoms with Crippen molar-refractivity contribution in [2.24, 2.45) is 0 Å². The molecule has 1 aromatic carbocycles. The van der Waals surface area contributed by atoms with Gasteiger partial charge in [0.05, 0.1) is 25.1 Å². The molecule has 0 bridgehead atoms. The van der Waals surface area contributed by atoms with Crippen molar-refractivity contribution in [2.45, 2.75) is 6.92 Å². The van der Waals surface area contributed by atoms with Crippen LogP contribution in [0.25, 0.3) is 0 Å². The van der Waals surface area contributed by atoms with Crippen molar-refractivity contribution in [2.75, 3.05) is 50.0 Å². The van der Waals surface area contributed by atoms with Crippen LogP contribution in [0.5, 0.6) is 0 Å². The van der Waals surface area contributed by atoms with E-state index < -0.39 is 0 Å². The fraction of sp³-hybridized carbons (Fsp3) is 0.368. The number of aromatic nitrogens is 1. The lowest BCUT2D eigenvalue weighted by atomic mass is 10.1. The molecule has 132 valence electrons. The molecule has 1 aliphatic rings. The van der Waals surface area contributed by atoms with E-state index in [0.29, 0.717) is 11.3 Å². The largest absolute Gasteiger partial charge is 0.379 e. The second-order valence-corrected chi connectivity index (χ2v) is 6.13. The summed E-state index contributed by atoms with van der Waals surface area (Å²) < 4.78 is 5.34. The Balaban J connectivity index is 1.46. The molecule has 0 unspecified atom stereocenters. The van der Waals surface area contributed by atoms with E-state index in [0.717, 1.165) is 50.8 Å². The molecule has 0 atom stereocenters. The first-order valence-corrected chi connectivity index (χ1v) is 8.59. The van der Waals surface area contributed by atoms with Gasteiger partial charge >= 0.3 is 0 Å². The number of pyridine rings is 1. The Bertz CT molecular complexity index is 680. The number of hydrogen-bond donors (Lipinski definition) is 2. The van der Waals surface area contributed by atoms with E-state index >= 15 is 0 Å². The van der Waals surface area contributed by atoms with Gasteiger partial charge in [-0.25, -0.2) is 4.98 Å². The van der Waals surface area contributed by atoms with Crippen molar-refractivity contribution in [3.8, 4) is 0 Å². The van der Waals surface area contributed by atoms with Crippen molar-refractivity contribution in [3.05, 3.63) is 53.7 Å². The SMILES string of the molecule is Cc1ccc(C(=O)Nc2ccc(NCCN3CCOCC3)nc2)cc1. The predicted octanol–water partition coefficient (Wildman–Crippen LogP) is 2.39. The molecule has 1 saturated heterocycles. The van der Waals surface area contributed by atoms with Crippen molar-refractivity contribution >= 4 is 17.4 Å². The molecular formula is C19H24N4O2. The first-order chi connectivity index (χ1) is 12.2. The predicted molar refractivity (Wildman–Crippen MR) is 99.1 cm³/mol. The van der Waals surface area contributed by atoms with Crippen LogP contribution in [0, 0.1) is 6.92 Å². The molecule has 2 aromatic rings. The van der Waals surface area contributed by atoms with Crippen molar-refractivity contribution in [3.63, 3.8) is 0 Å². The smallest absolute Gasteiger partial charge is 0.255 e. The summed E-state index contributed by atoms with van der Waals surface area (Å²) in [6.07, 6.45) is 1.67. The molecular weight excluding hydrogens is 316 g/mol. The quantitative estimate of drug-likeness (QED) is 0.845. The fourth-order valence-corrected chi connectivity index (χ4v) is 2.65. The van der Waals surface area contributed by atoms with Crippen LogP contribution in [0.2, 0.25) is 0 Å². The van der Waals surface area contributed by atoms with E-state index in [2.05, 4.69) is 20.5 Å². The van der Waals surface area contributed by atoms with Crippen LogP contribution in [-0.2, 0) is 4.74 Å². The highest BCUT2D eigenvalue weighted by molar-refractivity contribution is 6.04. The number of anilines is 2. The highest BCUT2D eigenvalue weighted by Gasteiger charge is 2.09. The van der Waals surface area contributed by atoms with Crippen molar-refractivity contribution < 1.29 is 9.53 Å². The summed E-state index contributed by atoms with van der Waals surface area (Å²) in [5.74, 6) is 0.677.